The zero-order chi connectivity index (χ0) is 8.23. The summed E-state index contributed by atoms with van der Waals surface area (Å²) in [7, 11) is 1.18. The van der Waals surface area contributed by atoms with Gasteiger partial charge in [-0.05, 0) is 12.1 Å². The van der Waals surface area contributed by atoms with Gasteiger partial charge < -0.3 is 9.02 Å². The van der Waals surface area contributed by atoms with E-state index < -0.39 is 7.85 Å². The van der Waals surface area contributed by atoms with Gasteiger partial charge in [0.25, 0.3) is 0 Å². The smallest absolute Gasteiger partial charge is 0.139 e. The van der Waals surface area contributed by atoms with E-state index in [1.807, 2.05) is 6.07 Å². The van der Waals surface area contributed by atoms with Crippen molar-refractivity contribution in [1.82, 2.24) is 13.5 Å². The Bertz CT molecular complexity index is 315. The number of aromatic amines is 2. The van der Waals surface area contributed by atoms with Crippen molar-refractivity contribution in [3.63, 3.8) is 0 Å². The van der Waals surface area contributed by atoms with E-state index >= 15 is 0 Å². The third-order valence-electron chi connectivity index (χ3n) is 1.40. The highest BCUT2D eigenvalue weighted by atomic mass is 31.2. The Morgan fingerprint density at radius 3 is 2.83 bits per heavy atom. The van der Waals surface area contributed by atoms with Crippen molar-refractivity contribution in [2.75, 3.05) is 0 Å². The maximum atomic E-state index is 4.42. The molecule has 3 nitrogen and oxygen atoms in total. The molecule has 2 N–H and O–H groups in total. The van der Waals surface area contributed by atoms with Crippen LogP contribution in [0.15, 0.2) is 30.3 Å². The monoisotopic (exact) mass is 215 g/mol. The van der Waals surface area contributed by atoms with Gasteiger partial charge in [0, 0.05) is 13.8 Å². The lowest BCUT2D eigenvalue weighted by Crippen LogP contribution is -1.68. The van der Waals surface area contributed by atoms with Crippen LogP contribution in [-0.4, -0.2) is 13.5 Å². The van der Waals surface area contributed by atoms with E-state index in [1.54, 1.807) is 0 Å². The Kier molecular flexibility index (Phi) is 2.68. The molecule has 6 heteroatoms. The van der Waals surface area contributed by atoms with Crippen molar-refractivity contribution in [3.05, 3.63) is 30.3 Å². The molecule has 1 aromatic carbocycles. The van der Waals surface area contributed by atoms with Crippen LogP contribution < -0.4 is 0 Å². The van der Waals surface area contributed by atoms with Gasteiger partial charge in [-0.25, -0.2) is 0 Å². The Balaban J connectivity index is 2.46. The predicted molar refractivity (Wildman–Crippen MR) is 56.6 cm³/mol. The van der Waals surface area contributed by atoms with E-state index in [-0.39, 0.29) is 0 Å². The summed E-state index contributed by atoms with van der Waals surface area (Å²) >= 11 is 0. The van der Waals surface area contributed by atoms with Crippen LogP contribution in [0.1, 0.15) is 0 Å². The maximum absolute atomic E-state index is 4.42. The maximum Gasteiger partial charge on any atom is 0.139 e. The molecule has 0 fully saturated rings. The highest BCUT2D eigenvalue weighted by Gasteiger charge is 1.93. The van der Waals surface area contributed by atoms with Crippen molar-refractivity contribution in [2.24, 2.45) is 0 Å². The van der Waals surface area contributed by atoms with Crippen LogP contribution in [0.2, 0.25) is 0 Å². The molecule has 0 aliphatic heterocycles. The molecule has 62 valence electrons. The van der Waals surface area contributed by atoms with Gasteiger partial charge in [0.1, 0.15) is 8.51 Å². The fourth-order valence-corrected chi connectivity index (χ4v) is 5.06. The normalized spacial score (nSPS) is 12.5. The van der Waals surface area contributed by atoms with E-state index in [4.69, 9.17) is 0 Å². The van der Waals surface area contributed by atoms with Crippen LogP contribution in [0.25, 0.3) is 5.30 Å². The summed E-state index contributed by atoms with van der Waals surface area (Å²) in [5.41, 5.74) is 0. The number of benzene rings is 1. The lowest BCUT2D eigenvalue weighted by molar-refractivity contribution is 1.65. The van der Waals surface area contributed by atoms with Gasteiger partial charge in [-0.15, -0.1) is 0 Å². The third kappa shape index (κ3) is 1.81. The standard InChI is InChI=1S/C6H8N3P3/c1-2-4-6(5-3-1)12-8-10-7-11-9-12/h1-5,8,10H,(H,7,9). The number of nitrogens with zero attached hydrogens (tertiary/aromatic N) is 1. The Labute approximate surface area is 74.6 Å². The molecule has 0 amide bonds. The molecule has 1 heterocycles. The van der Waals surface area contributed by atoms with Crippen molar-refractivity contribution in [2.45, 2.75) is 0 Å². The molecule has 12 heavy (non-hydrogen) atoms. The number of rotatable bonds is 1. The minimum Gasteiger partial charge on any atom is -0.307 e. The van der Waals surface area contributed by atoms with Gasteiger partial charge in [0.05, 0.1) is 7.85 Å². The van der Waals surface area contributed by atoms with Gasteiger partial charge in [-0.3, -0.25) is 0 Å². The summed E-state index contributed by atoms with van der Waals surface area (Å²) in [5.74, 6) is 0. The fraction of sp³-hybridized carbons (Fsp3) is 0. The Hall–Kier alpha value is -0.480. The van der Waals surface area contributed by atoms with E-state index in [0.29, 0.717) is 8.51 Å². The lowest BCUT2D eigenvalue weighted by atomic mass is 10.4. The number of aromatic nitrogens is 3. The second-order valence-electron chi connectivity index (χ2n) is 2.19. The van der Waals surface area contributed by atoms with E-state index in [9.17, 15) is 0 Å². The zero-order valence-electron chi connectivity index (χ0n) is 6.23. The van der Waals surface area contributed by atoms with E-state index in [0.717, 1.165) is 8.51 Å². The van der Waals surface area contributed by atoms with Crippen LogP contribution in [0.3, 0.4) is 0 Å². The second kappa shape index (κ2) is 3.96. The average molecular weight is 215 g/mol. The highest BCUT2D eigenvalue weighted by Crippen LogP contribution is 2.33. The van der Waals surface area contributed by atoms with Crippen LogP contribution in [0.5, 0.6) is 0 Å². The summed E-state index contributed by atoms with van der Waals surface area (Å²) in [6.45, 7) is 0. The first-order valence-corrected chi connectivity index (χ1v) is 6.62. The number of hydrogen-bond donors (Lipinski definition) is 2. The largest absolute Gasteiger partial charge is 0.307 e. The molecule has 2 unspecified atom stereocenters. The topological polar surface area (TPSA) is 44.5 Å². The second-order valence-corrected chi connectivity index (χ2v) is 6.28. The summed E-state index contributed by atoms with van der Waals surface area (Å²) in [4.78, 5) is 0. The van der Waals surface area contributed by atoms with Crippen molar-refractivity contribution < 1.29 is 0 Å². The van der Waals surface area contributed by atoms with Crippen LogP contribution in [-0.2, 0) is 0 Å². The van der Waals surface area contributed by atoms with Crippen molar-refractivity contribution >= 4 is 24.9 Å². The first-order valence-electron chi connectivity index (χ1n) is 3.48. The molecule has 2 atom stereocenters. The minimum absolute atomic E-state index is 0.454. The van der Waals surface area contributed by atoms with Crippen LogP contribution in [0, 0.1) is 0 Å². The van der Waals surface area contributed by atoms with Gasteiger partial charge >= 0.3 is 0 Å². The molecule has 0 saturated heterocycles. The van der Waals surface area contributed by atoms with Crippen LogP contribution >= 0.6 is 24.9 Å². The molecule has 2 rings (SSSR count). The van der Waals surface area contributed by atoms with E-state index in [1.165, 1.54) is 5.30 Å². The van der Waals surface area contributed by atoms with Gasteiger partial charge in [-0.1, -0.05) is 18.2 Å². The molecule has 0 bridgehead atoms. The molecule has 2 aromatic rings. The molecule has 0 aliphatic carbocycles. The highest BCUT2D eigenvalue weighted by molar-refractivity contribution is 7.58. The zero-order valence-corrected chi connectivity index (χ0v) is 9.02. The summed E-state index contributed by atoms with van der Waals surface area (Å²) in [6.07, 6.45) is 0. The quantitative estimate of drug-likeness (QED) is 0.751. The summed E-state index contributed by atoms with van der Waals surface area (Å²) < 4.78 is 10.9. The van der Waals surface area contributed by atoms with Crippen molar-refractivity contribution in [3.8, 4) is 5.30 Å². The number of hydrogen-bond acceptors (Lipinski definition) is 1. The fourth-order valence-electron chi connectivity index (χ4n) is 0.878. The van der Waals surface area contributed by atoms with Gasteiger partial charge in [-0.2, -0.15) is 4.51 Å². The summed E-state index contributed by atoms with van der Waals surface area (Å²) in [5, 5.41) is 1.30. The molecule has 0 saturated carbocycles. The Morgan fingerprint density at radius 2 is 2.17 bits per heavy atom. The molecule has 0 spiro atoms. The predicted octanol–water partition coefficient (Wildman–Crippen LogP) is 3.45. The molecular weight excluding hydrogens is 207 g/mol. The Morgan fingerprint density at radius 1 is 1.33 bits per heavy atom. The SMILES string of the molecule is c1ccc(-p2np[nH][pH][nH]2)cc1. The first-order chi connectivity index (χ1) is 5.97. The lowest BCUT2D eigenvalue weighted by Gasteiger charge is -1.98. The van der Waals surface area contributed by atoms with Gasteiger partial charge in [0.2, 0.25) is 0 Å². The van der Waals surface area contributed by atoms with Gasteiger partial charge in [0.15, 0.2) is 0 Å². The minimum atomic E-state index is -0.454. The molecular formula is C6H8N3P3. The van der Waals surface area contributed by atoms with Crippen LogP contribution in [0.4, 0.5) is 0 Å². The number of H-pyrrole nitrogens is 2. The summed E-state index contributed by atoms with van der Waals surface area (Å²) in [6, 6.07) is 10.4. The average Bonchev–Trinajstić information content (AvgIpc) is 2.21. The molecule has 0 aliphatic rings. The molecule has 1 aromatic heterocycles. The molecule has 0 radical (unpaired) electrons. The van der Waals surface area contributed by atoms with E-state index in [2.05, 4.69) is 37.8 Å². The first kappa shape index (κ1) is 8.13. The van der Waals surface area contributed by atoms with Crippen molar-refractivity contribution in [1.29, 1.82) is 0 Å². The third-order valence-corrected chi connectivity index (χ3v) is 5.40. The number of nitrogens with one attached hydrogen (secondary N) is 2.